The quantitative estimate of drug-likeness (QED) is 0.487. The first-order valence-electron chi connectivity index (χ1n) is 3.34. The molecule has 0 aliphatic rings. The molecule has 0 rings (SSSR count). The van der Waals surface area contributed by atoms with Gasteiger partial charge in [0.25, 0.3) is 0 Å². The molecule has 0 amide bonds. The molecule has 0 atom stereocenters. The van der Waals surface area contributed by atoms with E-state index in [1.54, 1.807) is 22.6 Å². The zero-order chi connectivity index (χ0) is 9.61. The third kappa shape index (κ3) is 3.99. The lowest BCUT2D eigenvalue weighted by atomic mass is 10.6. The molecule has 0 aromatic carbocycles. The number of hydrogen-bond acceptors (Lipinski definition) is 4. The van der Waals surface area contributed by atoms with E-state index in [2.05, 4.69) is 0 Å². The van der Waals surface area contributed by atoms with Crippen molar-refractivity contribution < 1.29 is 18.6 Å². The number of rotatable bonds is 6. The fourth-order valence-electron chi connectivity index (χ4n) is 0.682. The van der Waals surface area contributed by atoms with Crippen molar-refractivity contribution in [3.8, 4) is 0 Å². The second kappa shape index (κ2) is 6.08. The van der Waals surface area contributed by atoms with Crippen LogP contribution in [0.25, 0.3) is 0 Å². The highest BCUT2D eigenvalue weighted by atomic mass is 127. The van der Waals surface area contributed by atoms with Crippen molar-refractivity contribution in [1.29, 1.82) is 0 Å². The molecule has 0 bridgehead atoms. The van der Waals surface area contributed by atoms with Gasteiger partial charge in [-0.3, -0.25) is 0 Å². The molecule has 0 saturated carbocycles. The van der Waals surface area contributed by atoms with E-state index < -0.39 is 10.0 Å². The average molecular weight is 309 g/mol. The van der Waals surface area contributed by atoms with Crippen LogP contribution < -0.4 is 0 Å². The number of halogens is 1. The van der Waals surface area contributed by atoms with Crippen LogP contribution in [0.5, 0.6) is 0 Å². The fraction of sp³-hybridized carbons (Fsp3) is 1.00. The standard InChI is InChI=1S/C5H12INO4S/c6-5-12(10,11)7(1-3-8)2-4-9/h8-9H,1-5H2. The molecule has 12 heavy (non-hydrogen) atoms. The summed E-state index contributed by atoms with van der Waals surface area (Å²) in [5.41, 5.74) is 0. The predicted molar refractivity (Wildman–Crippen MR) is 53.6 cm³/mol. The Balaban J connectivity index is 4.28. The summed E-state index contributed by atoms with van der Waals surface area (Å²) in [6.45, 7) is -0.358. The van der Waals surface area contributed by atoms with Crippen molar-refractivity contribution in [1.82, 2.24) is 4.31 Å². The number of sulfonamides is 1. The molecule has 5 nitrogen and oxygen atoms in total. The van der Waals surface area contributed by atoms with Gasteiger partial charge >= 0.3 is 0 Å². The van der Waals surface area contributed by atoms with Crippen LogP contribution in [0.3, 0.4) is 0 Å². The van der Waals surface area contributed by atoms with Gasteiger partial charge in [-0.25, -0.2) is 8.42 Å². The second-order valence-electron chi connectivity index (χ2n) is 2.07. The van der Waals surface area contributed by atoms with E-state index in [9.17, 15) is 8.42 Å². The molecule has 0 spiro atoms. The van der Waals surface area contributed by atoms with E-state index in [1.165, 1.54) is 0 Å². The Hall–Kier alpha value is 0.560. The van der Waals surface area contributed by atoms with Crippen molar-refractivity contribution >= 4 is 32.6 Å². The minimum atomic E-state index is -3.28. The largest absolute Gasteiger partial charge is 0.395 e. The van der Waals surface area contributed by atoms with Crippen LogP contribution in [-0.4, -0.2) is 53.0 Å². The molecule has 0 unspecified atom stereocenters. The van der Waals surface area contributed by atoms with Gasteiger partial charge in [0.05, 0.1) is 13.2 Å². The van der Waals surface area contributed by atoms with Crippen LogP contribution in [0, 0.1) is 0 Å². The summed E-state index contributed by atoms with van der Waals surface area (Å²) in [7, 11) is -3.28. The summed E-state index contributed by atoms with van der Waals surface area (Å²) in [6, 6.07) is 0. The van der Waals surface area contributed by atoms with Crippen LogP contribution in [0.1, 0.15) is 0 Å². The molecule has 7 heteroatoms. The molecule has 0 saturated heterocycles. The number of nitrogens with zero attached hydrogens (tertiary/aromatic N) is 1. The summed E-state index contributed by atoms with van der Waals surface area (Å²) in [5, 5.41) is 17.1. The molecule has 2 N–H and O–H groups in total. The highest BCUT2D eigenvalue weighted by Gasteiger charge is 2.18. The highest BCUT2D eigenvalue weighted by Crippen LogP contribution is 2.03. The normalized spacial score (nSPS) is 12.3. The zero-order valence-electron chi connectivity index (χ0n) is 6.48. The van der Waals surface area contributed by atoms with Gasteiger partial charge in [0, 0.05) is 13.1 Å². The summed E-state index contributed by atoms with van der Waals surface area (Å²) in [6.07, 6.45) is 0. The number of alkyl halides is 1. The highest BCUT2D eigenvalue weighted by molar-refractivity contribution is 14.1. The maximum Gasteiger partial charge on any atom is 0.223 e. The van der Waals surface area contributed by atoms with E-state index in [1.807, 2.05) is 0 Å². The molecule has 74 valence electrons. The van der Waals surface area contributed by atoms with Gasteiger partial charge < -0.3 is 10.2 Å². The summed E-state index contributed by atoms with van der Waals surface area (Å²) in [4.78, 5) is 0. The van der Waals surface area contributed by atoms with Crippen LogP contribution >= 0.6 is 22.6 Å². The van der Waals surface area contributed by atoms with Crippen molar-refractivity contribution in [3.63, 3.8) is 0 Å². The van der Waals surface area contributed by atoms with Gasteiger partial charge in [-0.15, -0.1) is 0 Å². The molecule has 0 aliphatic carbocycles. The monoisotopic (exact) mass is 309 g/mol. The molecule has 0 aromatic heterocycles. The lowest BCUT2D eigenvalue weighted by molar-refractivity contribution is 0.218. The van der Waals surface area contributed by atoms with Crippen molar-refractivity contribution in [3.05, 3.63) is 0 Å². The lowest BCUT2D eigenvalue weighted by Crippen LogP contribution is -2.36. The predicted octanol–water partition coefficient (Wildman–Crippen LogP) is -1.00. The lowest BCUT2D eigenvalue weighted by Gasteiger charge is -2.18. The molecular weight excluding hydrogens is 297 g/mol. The Bertz CT molecular complexity index is 199. The van der Waals surface area contributed by atoms with Crippen LogP contribution in [0.2, 0.25) is 0 Å². The zero-order valence-corrected chi connectivity index (χ0v) is 9.45. The second-order valence-corrected chi connectivity index (χ2v) is 5.83. The third-order valence-electron chi connectivity index (χ3n) is 1.23. The van der Waals surface area contributed by atoms with E-state index in [4.69, 9.17) is 10.2 Å². The van der Waals surface area contributed by atoms with E-state index in [0.29, 0.717) is 0 Å². The minimum absolute atomic E-state index is 0.0369. The van der Waals surface area contributed by atoms with E-state index >= 15 is 0 Å². The maximum atomic E-state index is 11.2. The first-order chi connectivity index (χ1) is 5.58. The molecular formula is C5H12INO4S. The summed E-state index contributed by atoms with van der Waals surface area (Å²) < 4.78 is 23.4. The minimum Gasteiger partial charge on any atom is -0.395 e. The van der Waals surface area contributed by atoms with Gasteiger partial charge in [-0.2, -0.15) is 4.31 Å². The third-order valence-corrected chi connectivity index (χ3v) is 5.02. The van der Waals surface area contributed by atoms with Crippen molar-refractivity contribution in [2.45, 2.75) is 0 Å². The van der Waals surface area contributed by atoms with Crippen LogP contribution in [0.15, 0.2) is 0 Å². The van der Waals surface area contributed by atoms with Crippen LogP contribution in [0.4, 0.5) is 0 Å². The Morgan fingerprint density at radius 3 is 1.83 bits per heavy atom. The van der Waals surface area contributed by atoms with Crippen molar-refractivity contribution in [2.24, 2.45) is 0 Å². The molecule has 0 aliphatic heterocycles. The first kappa shape index (κ1) is 12.6. The Kier molecular flexibility index (Phi) is 6.36. The van der Waals surface area contributed by atoms with Gasteiger partial charge in [0.2, 0.25) is 10.0 Å². The first-order valence-corrected chi connectivity index (χ1v) is 6.47. The van der Waals surface area contributed by atoms with Crippen molar-refractivity contribution in [2.75, 3.05) is 30.1 Å². The number of hydrogen-bond donors (Lipinski definition) is 2. The smallest absolute Gasteiger partial charge is 0.223 e. The SMILES string of the molecule is O=S(=O)(CI)N(CCO)CCO. The summed E-state index contributed by atoms with van der Waals surface area (Å²) in [5.74, 6) is 0. The molecule has 0 aromatic rings. The molecule has 0 fully saturated rings. The Labute approximate surface area is 85.6 Å². The summed E-state index contributed by atoms with van der Waals surface area (Å²) >= 11 is 1.73. The Morgan fingerprint density at radius 1 is 1.17 bits per heavy atom. The fourth-order valence-corrected chi connectivity index (χ4v) is 2.72. The molecule has 0 radical (unpaired) electrons. The average Bonchev–Trinajstić information content (AvgIpc) is 2.04. The number of aliphatic hydroxyl groups is 2. The van der Waals surface area contributed by atoms with Gasteiger partial charge in [0.1, 0.15) is 3.76 Å². The maximum absolute atomic E-state index is 11.2. The van der Waals surface area contributed by atoms with E-state index in [0.717, 1.165) is 4.31 Å². The van der Waals surface area contributed by atoms with Gasteiger partial charge in [-0.05, 0) is 0 Å². The number of aliphatic hydroxyl groups excluding tert-OH is 2. The van der Waals surface area contributed by atoms with Gasteiger partial charge in [0.15, 0.2) is 0 Å². The topological polar surface area (TPSA) is 77.8 Å². The Morgan fingerprint density at radius 2 is 1.58 bits per heavy atom. The molecule has 0 heterocycles. The van der Waals surface area contributed by atoms with E-state index in [-0.39, 0.29) is 30.1 Å². The van der Waals surface area contributed by atoms with Gasteiger partial charge in [-0.1, -0.05) is 22.6 Å². The van der Waals surface area contributed by atoms with Crippen LogP contribution in [-0.2, 0) is 10.0 Å².